The first-order chi connectivity index (χ1) is 13.4. The average molecular weight is 384 g/mol. The van der Waals surface area contributed by atoms with Crippen LogP contribution in [0.5, 0.6) is 0 Å². The van der Waals surface area contributed by atoms with Crippen LogP contribution in [0.3, 0.4) is 0 Å². The predicted molar refractivity (Wildman–Crippen MR) is 110 cm³/mol. The second-order valence-corrected chi connectivity index (χ2v) is 7.41. The van der Waals surface area contributed by atoms with Crippen molar-refractivity contribution >= 4 is 11.7 Å². The molecule has 2 aromatic rings. The molecule has 3 rings (SSSR count). The van der Waals surface area contributed by atoms with Gasteiger partial charge in [-0.3, -0.25) is 18.7 Å². The van der Waals surface area contributed by atoms with E-state index in [9.17, 15) is 14.4 Å². The third kappa shape index (κ3) is 4.18. The molecular formula is C21H28N4O3. The smallest absolute Gasteiger partial charge is 0.332 e. The van der Waals surface area contributed by atoms with Crippen LogP contribution in [0.15, 0.2) is 39.9 Å². The largest absolute Gasteiger partial charge is 0.357 e. The number of piperidine rings is 1. The highest BCUT2D eigenvalue weighted by Crippen LogP contribution is 2.21. The van der Waals surface area contributed by atoms with Gasteiger partial charge in [-0.15, -0.1) is 0 Å². The number of aromatic nitrogens is 2. The number of benzene rings is 1. The second kappa shape index (κ2) is 8.46. The molecule has 7 heteroatoms. The first kappa shape index (κ1) is 19.9. The van der Waals surface area contributed by atoms with Crippen molar-refractivity contribution in [3.05, 3.63) is 62.3 Å². The van der Waals surface area contributed by atoms with E-state index in [2.05, 4.69) is 24.4 Å². The van der Waals surface area contributed by atoms with Crippen molar-refractivity contribution in [2.24, 2.45) is 20.0 Å². The summed E-state index contributed by atoms with van der Waals surface area (Å²) in [6, 6.07) is 9.72. The Morgan fingerprint density at radius 3 is 2.46 bits per heavy atom. The lowest BCUT2D eigenvalue weighted by Gasteiger charge is -2.34. The normalized spacial score (nSPS) is 16.8. The summed E-state index contributed by atoms with van der Waals surface area (Å²) in [5.74, 6) is 0.418. The molecule has 7 nitrogen and oxygen atoms in total. The Morgan fingerprint density at radius 2 is 1.79 bits per heavy atom. The van der Waals surface area contributed by atoms with Crippen LogP contribution < -0.4 is 21.5 Å². The summed E-state index contributed by atoms with van der Waals surface area (Å²) in [5.41, 5.74) is 1.66. The van der Waals surface area contributed by atoms with Gasteiger partial charge in [0.05, 0.1) is 5.92 Å². The Morgan fingerprint density at radius 1 is 1.11 bits per heavy atom. The highest BCUT2D eigenvalue weighted by Gasteiger charge is 2.27. The van der Waals surface area contributed by atoms with Gasteiger partial charge in [0, 0.05) is 39.8 Å². The average Bonchev–Trinajstić information content (AvgIpc) is 2.73. The molecule has 0 aliphatic carbocycles. The minimum atomic E-state index is -0.357. The van der Waals surface area contributed by atoms with Crippen LogP contribution >= 0.6 is 0 Å². The van der Waals surface area contributed by atoms with Crippen molar-refractivity contribution in [1.29, 1.82) is 0 Å². The summed E-state index contributed by atoms with van der Waals surface area (Å²) in [6.45, 7) is 3.84. The third-order valence-electron chi connectivity index (χ3n) is 5.51. The van der Waals surface area contributed by atoms with Gasteiger partial charge in [-0.2, -0.15) is 0 Å². The van der Waals surface area contributed by atoms with Gasteiger partial charge in [-0.25, -0.2) is 4.79 Å². The maximum absolute atomic E-state index is 12.7. The molecule has 0 saturated carbocycles. The van der Waals surface area contributed by atoms with Crippen LogP contribution in [0, 0.1) is 5.92 Å². The third-order valence-corrected chi connectivity index (χ3v) is 5.51. The molecule has 1 N–H and O–H groups in total. The molecule has 1 saturated heterocycles. The van der Waals surface area contributed by atoms with Crippen molar-refractivity contribution < 1.29 is 4.79 Å². The highest BCUT2D eigenvalue weighted by molar-refractivity contribution is 5.79. The number of nitrogens with one attached hydrogen (secondary N) is 1. The van der Waals surface area contributed by atoms with Gasteiger partial charge in [0.1, 0.15) is 5.82 Å². The van der Waals surface area contributed by atoms with Gasteiger partial charge in [0.2, 0.25) is 5.91 Å². The van der Waals surface area contributed by atoms with Crippen LogP contribution in [0.25, 0.3) is 0 Å². The van der Waals surface area contributed by atoms with Crippen molar-refractivity contribution in [2.75, 3.05) is 18.0 Å². The van der Waals surface area contributed by atoms with Gasteiger partial charge in [-0.1, -0.05) is 31.2 Å². The summed E-state index contributed by atoms with van der Waals surface area (Å²) in [5, 5.41) is 3.02. The zero-order valence-corrected chi connectivity index (χ0v) is 16.8. The van der Waals surface area contributed by atoms with E-state index in [1.165, 1.54) is 23.2 Å². The number of amides is 1. The maximum atomic E-state index is 12.7. The number of carbonyl (C=O) groups excluding carboxylic acids is 1. The van der Waals surface area contributed by atoms with Crippen molar-refractivity contribution in [2.45, 2.75) is 32.7 Å². The molecule has 1 fully saturated rings. The number of aryl methyl sites for hydroxylation is 1. The SMILES string of the molecule is CCc1ccc(CNC(=O)C2CCCN(c3cc(=O)n(C)c(=O)n3C)C2)cc1. The monoisotopic (exact) mass is 384 g/mol. The molecule has 1 aliphatic rings. The lowest BCUT2D eigenvalue weighted by Crippen LogP contribution is -2.46. The van der Waals surface area contributed by atoms with Gasteiger partial charge in [0.15, 0.2) is 0 Å². The summed E-state index contributed by atoms with van der Waals surface area (Å²) < 4.78 is 2.55. The number of anilines is 1. The molecule has 28 heavy (non-hydrogen) atoms. The van der Waals surface area contributed by atoms with Crippen LogP contribution in [0.2, 0.25) is 0 Å². The van der Waals surface area contributed by atoms with E-state index in [0.29, 0.717) is 18.9 Å². The predicted octanol–water partition coefficient (Wildman–Crippen LogP) is 1.18. The van der Waals surface area contributed by atoms with E-state index in [-0.39, 0.29) is 23.1 Å². The number of hydrogen-bond donors (Lipinski definition) is 1. The Hall–Kier alpha value is -2.83. The first-order valence-corrected chi connectivity index (χ1v) is 9.78. The van der Waals surface area contributed by atoms with E-state index < -0.39 is 0 Å². The fraction of sp³-hybridized carbons (Fsp3) is 0.476. The van der Waals surface area contributed by atoms with Crippen LogP contribution in [0.1, 0.15) is 30.9 Å². The van der Waals surface area contributed by atoms with Gasteiger partial charge >= 0.3 is 5.69 Å². The zero-order chi connectivity index (χ0) is 20.3. The van der Waals surface area contributed by atoms with Gasteiger partial charge in [-0.05, 0) is 30.4 Å². The summed E-state index contributed by atoms with van der Waals surface area (Å²) in [7, 11) is 3.12. The Labute approximate surface area is 164 Å². The Kier molecular flexibility index (Phi) is 6.02. The van der Waals surface area contributed by atoms with Gasteiger partial charge < -0.3 is 10.2 Å². The van der Waals surface area contributed by atoms with Crippen LogP contribution in [0.4, 0.5) is 5.82 Å². The van der Waals surface area contributed by atoms with Crippen LogP contribution in [-0.4, -0.2) is 28.1 Å². The molecule has 1 atom stereocenters. The molecule has 1 aromatic heterocycles. The minimum absolute atomic E-state index is 0.0121. The molecule has 150 valence electrons. The van der Waals surface area contributed by atoms with E-state index in [1.54, 1.807) is 7.05 Å². The fourth-order valence-corrected chi connectivity index (χ4v) is 3.65. The van der Waals surface area contributed by atoms with E-state index >= 15 is 0 Å². The molecule has 2 heterocycles. The molecule has 0 radical (unpaired) electrons. The van der Waals surface area contributed by atoms with Crippen molar-refractivity contribution in [3.8, 4) is 0 Å². The minimum Gasteiger partial charge on any atom is -0.357 e. The lowest BCUT2D eigenvalue weighted by atomic mass is 9.97. The number of nitrogens with zero attached hydrogens (tertiary/aromatic N) is 3. The van der Waals surface area contributed by atoms with Gasteiger partial charge in [0.25, 0.3) is 5.56 Å². The summed E-state index contributed by atoms with van der Waals surface area (Å²) in [4.78, 5) is 38.8. The number of hydrogen-bond acceptors (Lipinski definition) is 4. The second-order valence-electron chi connectivity index (χ2n) is 7.41. The highest BCUT2D eigenvalue weighted by atomic mass is 16.2. The van der Waals surface area contributed by atoms with E-state index in [0.717, 1.165) is 35.9 Å². The molecule has 1 aromatic carbocycles. The molecule has 0 bridgehead atoms. The summed E-state index contributed by atoms with van der Waals surface area (Å²) >= 11 is 0. The standard InChI is InChI=1S/C21H28N4O3/c1-4-15-7-9-16(10-8-15)13-22-20(27)17-6-5-11-25(14-17)18-12-19(26)24(3)21(28)23(18)2/h7-10,12,17H,4-6,11,13-14H2,1-3H3,(H,22,27). The Bertz CT molecular complexity index is 959. The topological polar surface area (TPSA) is 76.3 Å². The summed E-state index contributed by atoms with van der Waals surface area (Å²) in [6.07, 6.45) is 2.64. The number of rotatable bonds is 5. The fourth-order valence-electron chi connectivity index (χ4n) is 3.65. The van der Waals surface area contributed by atoms with E-state index in [4.69, 9.17) is 0 Å². The van der Waals surface area contributed by atoms with Crippen LogP contribution in [-0.2, 0) is 31.9 Å². The zero-order valence-electron chi connectivity index (χ0n) is 16.8. The first-order valence-electron chi connectivity index (χ1n) is 9.78. The van der Waals surface area contributed by atoms with Crippen molar-refractivity contribution in [3.63, 3.8) is 0 Å². The molecule has 0 spiro atoms. The number of carbonyl (C=O) groups is 1. The molecule has 1 unspecified atom stereocenters. The quantitative estimate of drug-likeness (QED) is 0.840. The molecule has 1 amide bonds. The lowest BCUT2D eigenvalue weighted by molar-refractivity contribution is -0.125. The molecule has 1 aliphatic heterocycles. The van der Waals surface area contributed by atoms with E-state index in [1.807, 2.05) is 17.0 Å². The van der Waals surface area contributed by atoms with Crippen molar-refractivity contribution in [1.82, 2.24) is 14.5 Å². The maximum Gasteiger partial charge on any atom is 0.332 e. The molecular weight excluding hydrogens is 356 g/mol. The Balaban J connectivity index is 1.66.